The van der Waals surface area contributed by atoms with E-state index in [-0.39, 0.29) is 29.1 Å². The number of hydrogen-bond donors (Lipinski definition) is 0. The maximum atomic E-state index is 12.2. The molecule has 1 aromatic carbocycles. The van der Waals surface area contributed by atoms with Gasteiger partial charge in [0.2, 0.25) is 5.91 Å². The summed E-state index contributed by atoms with van der Waals surface area (Å²) in [6.07, 6.45) is -4.49. The lowest BCUT2D eigenvalue weighted by Gasteiger charge is -2.18. The molecule has 1 aliphatic heterocycles. The molecular formula is C14H14F3NO3S. The predicted octanol–water partition coefficient (Wildman–Crippen LogP) is 3.22. The Balaban J connectivity index is 2.06. The summed E-state index contributed by atoms with van der Waals surface area (Å²) < 4.78 is 40.5. The molecule has 0 radical (unpaired) electrons. The molecule has 1 aliphatic rings. The lowest BCUT2D eigenvalue weighted by Crippen LogP contribution is -2.25. The molecule has 0 saturated carbocycles. The van der Waals surface area contributed by atoms with E-state index in [1.165, 1.54) is 30.0 Å². The van der Waals surface area contributed by atoms with E-state index in [4.69, 9.17) is 0 Å². The Labute approximate surface area is 129 Å². The van der Waals surface area contributed by atoms with Crippen molar-refractivity contribution in [1.29, 1.82) is 0 Å². The third-order valence-corrected chi connectivity index (χ3v) is 4.13. The third kappa shape index (κ3) is 4.66. The van der Waals surface area contributed by atoms with Gasteiger partial charge in [0.25, 0.3) is 0 Å². The van der Waals surface area contributed by atoms with E-state index in [2.05, 4.69) is 4.74 Å². The Kier molecular flexibility index (Phi) is 5.00. The smallest absolute Gasteiger partial charge is 0.406 e. The Morgan fingerprint density at radius 3 is 2.82 bits per heavy atom. The summed E-state index contributed by atoms with van der Waals surface area (Å²) >= 11 is 1.15. The lowest BCUT2D eigenvalue weighted by atomic mass is 10.1. The average Bonchev–Trinajstić information content (AvgIpc) is 2.76. The molecule has 0 aliphatic carbocycles. The van der Waals surface area contributed by atoms with Gasteiger partial charge in [0.05, 0.1) is 0 Å². The first-order valence-electron chi connectivity index (χ1n) is 6.54. The highest BCUT2D eigenvalue weighted by molar-refractivity contribution is 8.13. The number of anilines is 1. The molecule has 0 aromatic heterocycles. The van der Waals surface area contributed by atoms with Crippen LogP contribution in [0.3, 0.4) is 0 Å². The monoisotopic (exact) mass is 333 g/mol. The Morgan fingerprint density at radius 2 is 2.18 bits per heavy atom. The number of benzene rings is 1. The number of thioether (sulfide) groups is 1. The number of carbonyl (C=O) groups excluding carboxylic acids is 2. The number of halogens is 3. The van der Waals surface area contributed by atoms with Crippen LogP contribution in [0.2, 0.25) is 0 Å². The van der Waals surface area contributed by atoms with Gasteiger partial charge in [-0.1, -0.05) is 17.8 Å². The van der Waals surface area contributed by atoms with Crippen molar-refractivity contribution in [2.75, 3.05) is 17.2 Å². The minimum atomic E-state index is -4.77. The second kappa shape index (κ2) is 6.60. The molecule has 0 bridgehead atoms. The minimum absolute atomic E-state index is 0.00795. The van der Waals surface area contributed by atoms with E-state index in [1.54, 1.807) is 6.07 Å². The number of carbonyl (C=O) groups is 2. The van der Waals surface area contributed by atoms with Crippen molar-refractivity contribution in [3.05, 3.63) is 24.3 Å². The van der Waals surface area contributed by atoms with Crippen molar-refractivity contribution in [3.8, 4) is 5.75 Å². The van der Waals surface area contributed by atoms with Gasteiger partial charge in [-0.15, -0.1) is 13.2 Å². The molecule has 1 saturated heterocycles. The van der Waals surface area contributed by atoms with E-state index >= 15 is 0 Å². The average molecular weight is 333 g/mol. The number of alkyl halides is 3. The van der Waals surface area contributed by atoms with E-state index in [0.717, 1.165) is 11.8 Å². The number of rotatable bonds is 4. The van der Waals surface area contributed by atoms with E-state index in [0.29, 0.717) is 18.0 Å². The third-order valence-electron chi connectivity index (χ3n) is 3.09. The Hall–Kier alpha value is -1.70. The number of nitrogens with zero attached hydrogens (tertiary/aromatic N) is 1. The topological polar surface area (TPSA) is 46.6 Å². The van der Waals surface area contributed by atoms with Crippen molar-refractivity contribution in [2.45, 2.75) is 19.7 Å². The van der Waals surface area contributed by atoms with Crippen LogP contribution >= 0.6 is 11.8 Å². The van der Waals surface area contributed by atoms with Crippen LogP contribution in [0.15, 0.2) is 24.3 Å². The van der Waals surface area contributed by atoms with Crippen LogP contribution < -0.4 is 9.64 Å². The van der Waals surface area contributed by atoms with Crippen molar-refractivity contribution in [1.82, 2.24) is 0 Å². The van der Waals surface area contributed by atoms with Gasteiger partial charge in [0.1, 0.15) is 5.75 Å². The molecular weight excluding hydrogens is 319 g/mol. The second-order valence-electron chi connectivity index (χ2n) is 4.92. The van der Waals surface area contributed by atoms with Crippen molar-refractivity contribution < 1.29 is 27.5 Å². The summed E-state index contributed by atoms with van der Waals surface area (Å²) in [5, 5.41) is -0.0218. The first-order chi connectivity index (χ1) is 10.2. The zero-order chi connectivity index (χ0) is 16.3. The number of ether oxygens (including phenoxy) is 1. The van der Waals surface area contributed by atoms with Crippen LogP contribution in [-0.4, -0.2) is 29.7 Å². The van der Waals surface area contributed by atoms with Crippen molar-refractivity contribution in [2.24, 2.45) is 5.92 Å². The summed E-state index contributed by atoms with van der Waals surface area (Å²) in [5.74, 6) is 0.00214. The molecule has 4 nitrogen and oxygen atoms in total. The zero-order valence-electron chi connectivity index (χ0n) is 11.7. The largest absolute Gasteiger partial charge is 0.573 e. The fraction of sp³-hybridized carbons (Fsp3) is 0.429. The summed E-state index contributed by atoms with van der Waals surface area (Å²) in [4.78, 5) is 24.4. The molecule has 8 heteroatoms. The first kappa shape index (κ1) is 16.7. The van der Waals surface area contributed by atoms with Gasteiger partial charge in [0, 0.05) is 37.4 Å². The second-order valence-corrected chi connectivity index (χ2v) is 6.12. The molecule has 120 valence electrons. The van der Waals surface area contributed by atoms with Gasteiger partial charge < -0.3 is 9.64 Å². The van der Waals surface area contributed by atoms with Crippen LogP contribution in [0, 0.1) is 5.92 Å². The van der Waals surface area contributed by atoms with Gasteiger partial charge in [0.15, 0.2) is 5.12 Å². The fourth-order valence-electron chi connectivity index (χ4n) is 2.23. The molecule has 22 heavy (non-hydrogen) atoms. The van der Waals surface area contributed by atoms with Gasteiger partial charge in [-0.2, -0.15) is 0 Å². The highest BCUT2D eigenvalue weighted by atomic mass is 32.2. The predicted molar refractivity (Wildman–Crippen MR) is 76.7 cm³/mol. The molecule has 1 heterocycles. The quantitative estimate of drug-likeness (QED) is 0.849. The maximum Gasteiger partial charge on any atom is 0.573 e. The fourth-order valence-corrected chi connectivity index (χ4v) is 2.92. The molecule has 1 fully saturated rings. The summed E-state index contributed by atoms with van der Waals surface area (Å²) in [7, 11) is 0. The van der Waals surface area contributed by atoms with Crippen LogP contribution in [-0.2, 0) is 9.59 Å². The van der Waals surface area contributed by atoms with Gasteiger partial charge in [-0.3, -0.25) is 9.59 Å². The lowest BCUT2D eigenvalue weighted by molar-refractivity contribution is -0.274. The number of hydrogen-bond acceptors (Lipinski definition) is 4. The van der Waals surface area contributed by atoms with E-state index in [1.807, 2.05) is 0 Å². The number of amides is 1. The molecule has 1 unspecified atom stereocenters. The first-order valence-corrected chi connectivity index (χ1v) is 7.52. The highest BCUT2D eigenvalue weighted by Crippen LogP contribution is 2.31. The molecule has 0 spiro atoms. The van der Waals surface area contributed by atoms with Crippen LogP contribution in [0.1, 0.15) is 13.3 Å². The van der Waals surface area contributed by atoms with Crippen LogP contribution in [0.4, 0.5) is 18.9 Å². The van der Waals surface area contributed by atoms with Crippen molar-refractivity contribution >= 4 is 28.5 Å². The standard InChI is InChI=1S/C14H14F3NO3S/c1-9(19)22-8-10-5-13(20)18(7-10)11-3-2-4-12(6-11)21-14(15,16)17/h2-4,6,10H,5,7-8H2,1H3. The molecule has 2 rings (SSSR count). The SMILES string of the molecule is CC(=O)SCC1CC(=O)N(c2cccc(OC(F)(F)F)c2)C1. The van der Waals surface area contributed by atoms with E-state index < -0.39 is 6.36 Å². The molecule has 1 amide bonds. The minimum Gasteiger partial charge on any atom is -0.406 e. The zero-order valence-corrected chi connectivity index (χ0v) is 12.5. The van der Waals surface area contributed by atoms with Crippen molar-refractivity contribution in [3.63, 3.8) is 0 Å². The maximum absolute atomic E-state index is 12.2. The van der Waals surface area contributed by atoms with Gasteiger partial charge in [-0.05, 0) is 18.1 Å². The summed E-state index contributed by atoms with van der Waals surface area (Å²) in [6, 6.07) is 5.33. The molecule has 1 aromatic rings. The summed E-state index contributed by atoms with van der Waals surface area (Å²) in [5.41, 5.74) is 0.363. The van der Waals surface area contributed by atoms with Crippen LogP contribution in [0.5, 0.6) is 5.75 Å². The normalized spacial score (nSPS) is 18.6. The van der Waals surface area contributed by atoms with Gasteiger partial charge in [-0.25, -0.2) is 0 Å². The van der Waals surface area contributed by atoms with Crippen LogP contribution in [0.25, 0.3) is 0 Å². The highest BCUT2D eigenvalue weighted by Gasteiger charge is 2.33. The Morgan fingerprint density at radius 1 is 1.45 bits per heavy atom. The van der Waals surface area contributed by atoms with Gasteiger partial charge >= 0.3 is 6.36 Å². The molecule has 1 atom stereocenters. The van der Waals surface area contributed by atoms with E-state index in [9.17, 15) is 22.8 Å². The Bertz CT molecular complexity index is 577. The summed E-state index contributed by atoms with van der Waals surface area (Å²) in [6.45, 7) is 1.84. The molecule has 0 N–H and O–H groups in total.